The summed E-state index contributed by atoms with van der Waals surface area (Å²) >= 11 is 0. The van der Waals surface area contributed by atoms with Gasteiger partial charge in [0.25, 0.3) is 0 Å². The minimum absolute atomic E-state index is 0.112. The molecule has 1 aromatic rings. The summed E-state index contributed by atoms with van der Waals surface area (Å²) in [5.41, 5.74) is 0.909. The fraction of sp³-hybridized carbons (Fsp3) is 0.467. The Morgan fingerprint density at radius 2 is 2.05 bits per heavy atom. The second-order valence-corrected chi connectivity index (χ2v) is 4.97. The van der Waals surface area contributed by atoms with E-state index < -0.39 is 18.1 Å². The number of piperidine rings is 1. The van der Waals surface area contributed by atoms with E-state index in [1.54, 1.807) is 0 Å². The number of carbonyl (C=O) groups is 2. The fourth-order valence-electron chi connectivity index (χ4n) is 2.48. The van der Waals surface area contributed by atoms with Crippen LogP contribution in [0.5, 0.6) is 0 Å². The molecule has 0 spiro atoms. The van der Waals surface area contributed by atoms with Crippen molar-refractivity contribution in [1.82, 2.24) is 4.90 Å². The molecule has 1 aromatic carbocycles. The second-order valence-electron chi connectivity index (χ2n) is 4.97. The average Bonchev–Trinajstić information content (AvgIpc) is 2.47. The van der Waals surface area contributed by atoms with Crippen LogP contribution in [0, 0.1) is 0 Å². The van der Waals surface area contributed by atoms with Crippen molar-refractivity contribution in [2.24, 2.45) is 0 Å². The van der Waals surface area contributed by atoms with Crippen LogP contribution in [0.25, 0.3) is 0 Å². The molecule has 5 nitrogen and oxygen atoms in total. The smallest absolute Gasteiger partial charge is 0.328 e. The molecule has 0 saturated carbocycles. The predicted molar refractivity (Wildman–Crippen MR) is 72.9 cm³/mol. The molecule has 1 saturated heterocycles. The zero-order valence-electron chi connectivity index (χ0n) is 11.5. The number of esters is 1. The van der Waals surface area contributed by atoms with Crippen molar-refractivity contribution in [2.75, 3.05) is 13.7 Å². The number of rotatable bonds is 3. The molecule has 2 atom stereocenters. The van der Waals surface area contributed by atoms with E-state index in [9.17, 15) is 14.7 Å². The zero-order chi connectivity index (χ0) is 14.5. The molecule has 1 heterocycles. The van der Waals surface area contributed by atoms with Gasteiger partial charge >= 0.3 is 5.97 Å². The van der Waals surface area contributed by atoms with E-state index in [4.69, 9.17) is 4.74 Å². The molecule has 1 N–H and O–H groups in total. The number of hydrogen-bond donors (Lipinski definition) is 1. The predicted octanol–water partition coefficient (Wildman–Crippen LogP) is 0.754. The summed E-state index contributed by atoms with van der Waals surface area (Å²) in [5.74, 6) is -0.580. The molecule has 0 bridgehead atoms. The third kappa shape index (κ3) is 3.36. The van der Waals surface area contributed by atoms with E-state index >= 15 is 0 Å². The maximum Gasteiger partial charge on any atom is 0.328 e. The Morgan fingerprint density at radius 3 is 2.70 bits per heavy atom. The van der Waals surface area contributed by atoms with Crippen LogP contribution in [0.3, 0.4) is 0 Å². The van der Waals surface area contributed by atoms with Crippen LogP contribution < -0.4 is 0 Å². The fourth-order valence-corrected chi connectivity index (χ4v) is 2.48. The summed E-state index contributed by atoms with van der Waals surface area (Å²) in [7, 11) is 1.29. The maximum absolute atomic E-state index is 12.3. The molecule has 0 aromatic heterocycles. The third-order valence-electron chi connectivity index (χ3n) is 3.57. The quantitative estimate of drug-likeness (QED) is 0.828. The number of carbonyl (C=O) groups excluding carboxylic acids is 2. The highest BCUT2D eigenvalue weighted by Gasteiger charge is 2.36. The standard InChI is InChI=1S/C15H19NO4/c1-20-15(19)13-10-12(17)7-8-16(13)14(18)9-11-5-3-2-4-6-11/h2-6,12-13,17H,7-10H2,1H3/t12-,13+/m1/s1. The van der Waals surface area contributed by atoms with Crippen molar-refractivity contribution in [3.05, 3.63) is 35.9 Å². The molecule has 1 amide bonds. The molecular formula is C15H19NO4. The number of methoxy groups -OCH3 is 1. The van der Waals surface area contributed by atoms with E-state index in [2.05, 4.69) is 0 Å². The molecule has 0 aliphatic carbocycles. The second kappa shape index (κ2) is 6.52. The topological polar surface area (TPSA) is 66.8 Å². The van der Waals surface area contributed by atoms with Crippen LogP contribution in [0.4, 0.5) is 0 Å². The summed E-state index contributed by atoms with van der Waals surface area (Å²) in [6, 6.07) is 8.72. The lowest BCUT2D eigenvalue weighted by Crippen LogP contribution is -2.52. The van der Waals surface area contributed by atoms with Gasteiger partial charge in [-0.25, -0.2) is 4.79 Å². The van der Waals surface area contributed by atoms with E-state index in [0.29, 0.717) is 13.0 Å². The number of benzene rings is 1. The summed E-state index contributed by atoms with van der Waals surface area (Å²) in [5, 5.41) is 9.67. The summed E-state index contributed by atoms with van der Waals surface area (Å²) in [6.45, 7) is 0.382. The Balaban J connectivity index is 2.08. The average molecular weight is 277 g/mol. The number of nitrogens with zero attached hydrogens (tertiary/aromatic N) is 1. The zero-order valence-corrected chi connectivity index (χ0v) is 11.5. The van der Waals surface area contributed by atoms with E-state index in [1.165, 1.54) is 12.0 Å². The van der Waals surface area contributed by atoms with Crippen molar-refractivity contribution in [1.29, 1.82) is 0 Å². The normalized spacial score (nSPS) is 22.4. The van der Waals surface area contributed by atoms with Gasteiger partial charge in [0.05, 0.1) is 19.6 Å². The Bertz CT molecular complexity index is 474. The number of hydrogen-bond acceptors (Lipinski definition) is 4. The molecule has 108 valence electrons. The van der Waals surface area contributed by atoms with E-state index in [-0.39, 0.29) is 18.7 Å². The first-order chi connectivity index (χ1) is 9.61. The van der Waals surface area contributed by atoms with Crippen LogP contribution in [0.15, 0.2) is 30.3 Å². The molecule has 2 rings (SSSR count). The van der Waals surface area contributed by atoms with Gasteiger partial charge in [0, 0.05) is 13.0 Å². The first-order valence-corrected chi connectivity index (χ1v) is 6.71. The molecule has 0 unspecified atom stereocenters. The first-order valence-electron chi connectivity index (χ1n) is 6.71. The highest BCUT2D eigenvalue weighted by molar-refractivity contribution is 5.86. The molecule has 1 fully saturated rings. The van der Waals surface area contributed by atoms with Crippen molar-refractivity contribution in [3.8, 4) is 0 Å². The number of likely N-dealkylation sites (tertiary alicyclic amines) is 1. The Morgan fingerprint density at radius 1 is 1.35 bits per heavy atom. The van der Waals surface area contributed by atoms with Crippen LogP contribution in [-0.2, 0) is 20.7 Å². The monoisotopic (exact) mass is 277 g/mol. The minimum atomic E-state index is -0.681. The van der Waals surface area contributed by atoms with Crippen molar-refractivity contribution in [2.45, 2.75) is 31.4 Å². The number of ether oxygens (including phenoxy) is 1. The number of aliphatic hydroxyl groups excluding tert-OH is 1. The lowest BCUT2D eigenvalue weighted by molar-refractivity contribution is -0.156. The van der Waals surface area contributed by atoms with Crippen LogP contribution in [-0.4, -0.2) is 47.7 Å². The Labute approximate surface area is 118 Å². The van der Waals surface area contributed by atoms with Gasteiger partial charge in [0.1, 0.15) is 6.04 Å². The summed E-state index contributed by atoms with van der Waals surface area (Å²) in [4.78, 5) is 25.6. The minimum Gasteiger partial charge on any atom is -0.467 e. The largest absolute Gasteiger partial charge is 0.467 e. The molecule has 1 aliphatic heterocycles. The van der Waals surface area contributed by atoms with Gasteiger partial charge in [0.2, 0.25) is 5.91 Å². The van der Waals surface area contributed by atoms with Crippen LogP contribution in [0.2, 0.25) is 0 Å². The first kappa shape index (κ1) is 14.5. The molecule has 5 heteroatoms. The highest BCUT2D eigenvalue weighted by Crippen LogP contribution is 2.20. The van der Waals surface area contributed by atoms with Gasteiger partial charge in [-0.2, -0.15) is 0 Å². The summed E-state index contributed by atoms with van der Waals surface area (Å²) < 4.78 is 4.72. The van der Waals surface area contributed by atoms with Gasteiger partial charge in [-0.3, -0.25) is 4.79 Å². The third-order valence-corrected chi connectivity index (χ3v) is 3.57. The Kier molecular flexibility index (Phi) is 4.74. The number of aliphatic hydroxyl groups is 1. The van der Waals surface area contributed by atoms with Crippen molar-refractivity contribution >= 4 is 11.9 Å². The van der Waals surface area contributed by atoms with Crippen molar-refractivity contribution in [3.63, 3.8) is 0 Å². The highest BCUT2D eigenvalue weighted by atomic mass is 16.5. The molecule has 20 heavy (non-hydrogen) atoms. The summed E-state index contributed by atoms with van der Waals surface area (Å²) in [6.07, 6.45) is 0.436. The van der Waals surface area contributed by atoms with Gasteiger partial charge in [-0.15, -0.1) is 0 Å². The molecule has 0 radical (unpaired) electrons. The van der Waals surface area contributed by atoms with Crippen LogP contribution >= 0.6 is 0 Å². The van der Waals surface area contributed by atoms with Gasteiger partial charge in [-0.05, 0) is 12.0 Å². The van der Waals surface area contributed by atoms with Gasteiger partial charge in [0.15, 0.2) is 0 Å². The lowest BCUT2D eigenvalue weighted by Gasteiger charge is -2.36. The van der Waals surface area contributed by atoms with Gasteiger partial charge in [-0.1, -0.05) is 30.3 Å². The molecular weight excluding hydrogens is 258 g/mol. The van der Waals surface area contributed by atoms with E-state index in [1.807, 2.05) is 30.3 Å². The van der Waals surface area contributed by atoms with Crippen LogP contribution in [0.1, 0.15) is 18.4 Å². The Hall–Kier alpha value is -1.88. The molecule has 1 aliphatic rings. The SMILES string of the molecule is COC(=O)[C@@H]1C[C@H](O)CCN1C(=O)Cc1ccccc1. The van der Waals surface area contributed by atoms with Crippen molar-refractivity contribution < 1.29 is 19.4 Å². The lowest BCUT2D eigenvalue weighted by atomic mass is 9.98. The number of amides is 1. The van der Waals surface area contributed by atoms with E-state index in [0.717, 1.165) is 5.56 Å². The van der Waals surface area contributed by atoms with Gasteiger partial charge < -0.3 is 14.7 Å². The maximum atomic E-state index is 12.3.